The number of ether oxygens (including phenoxy) is 3. The third-order valence-electron chi connectivity index (χ3n) is 12.7. The smallest absolute Gasteiger partial charge is 0.327 e. The summed E-state index contributed by atoms with van der Waals surface area (Å²) in [5, 5.41) is 24.2. The zero-order valence-electron chi connectivity index (χ0n) is 35.2. The number of carbonyl (C=O) groups excluding carboxylic acids is 3. The summed E-state index contributed by atoms with van der Waals surface area (Å²) >= 11 is 0. The van der Waals surface area contributed by atoms with Gasteiger partial charge < -0.3 is 34.6 Å². The van der Waals surface area contributed by atoms with Gasteiger partial charge in [0.2, 0.25) is 11.8 Å². The van der Waals surface area contributed by atoms with Crippen molar-refractivity contribution in [3.63, 3.8) is 0 Å². The van der Waals surface area contributed by atoms with Crippen LogP contribution in [0, 0.1) is 5.41 Å². The molecule has 7 rings (SSSR count). The molecular formula is C48H61N3O9. The van der Waals surface area contributed by atoms with Crippen LogP contribution < -0.4 is 5.32 Å². The number of allylic oxidation sites excluding steroid dienone is 1. The van der Waals surface area contributed by atoms with E-state index in [1.807, 2.05) is 78.9 Å². The van der Waals surface area contributed by atoms with Crippen LogP contribution in [0.5, 0.6) is 5.75 Å². The van der Waals surface area contributed by atoms with Crippen LogP contribution in [-0.4, -0.2) is 100 Å². The minimum absolute atomic E-state index is 0.0316. The van der Waals surface area contributed by atoms with Crippen molar-refractivity contribution in [2.75, 3.05) is 20.2 Å². The number of benzene rings is 3. The van der Waals surface area contributed by atoms with E-state index in [1.54, 1.807) is 24.2 Å². The molecule has 7 unspecified atom stereocenters. The molecule has 3 heterocycles. The maximum Gasteiger partial charge on any atom is 0.327 e. The number of phenolic OH excluding ortho intramolecular Hbond substituents is 1. The first-order chi connectivity index (χ1) is 29.1. The molecule has 3 N–H and O–H groups in total. The van der Waals surface area contributed by atoms with Gasteiger partial charge in [-0.1, -0.05) is 124 Å². The lowest BCUT2D eigenvalue weighted by Gasteiger charge is -2.50. The van der Waals surface area contributed by atoms with Crippen molar-refractivity contribution in [2.24, 2.45) is 5.41 Å². The van der Waals surface area contributed by atoms with Crippen LogP contribution in [0.2, 0.25) is 0 Å². The third-order valence-corrected chi connectivity index (χ3v) is 12.7. The molecule has 12 nitrogen and oxygen atoms in total. The number of hydrogen-bond donors (Lipinski definition) is 3. The van der Waals surface area contributed by atoms with Gasteiger partial charge in [-0.2, -0.15) is 5.06 Å². The molecule has 3 aliphatic heterocycles. The number of hydrogen-bond acceptors (Lipinski definition) is 10. The second-order valence-electron chi connectivity index (χ2n) is 16.8. The van der Waals surface area contributed by atoms with E-state index in [0.29, 0.717) is 19.3 Å². The number of para-hydroxylation sites is 1. The number of carbonyl (C=O) groups is 3. The average molecular weight is 824 g/mol. The number of rotatable bonds is 20. The maximum absolute atomic E-state index is 15.6. The Morgan fingerprint density at radius 2 is 1.63 bits per heavy atom. The Kier molecular flexibility index (Phi) is 14.1. The van der Waals surface area contributed by atoms with Crippen LogP contribution in [0.4, 0.5) is 0 Å². The summed E-state index contributed by atoms with van der Waals surface area (Å²) in [5.74, 6) is -2.06. The Hall–Kier alpha value is -4.59. The van der Waals surface area contributed by atoms with Gasteiger partial charge in [0.05, 0.1) is 13.2 Å². The molecule has 12 heteroatoms. The number of aliphatic hydroxyl groups excluding tert-OH is 1. The highest BCUT2D eigenvalue weighted by Crippen LogP contribution is 2.58. The number of esters is 1. The third kappa shape index (κ3) is 9.04. The first kappa shape index (κ1) is 43.5. The lowest BCUT2D eigenvalue weighted by Crippen LogP contribution is -2.70. The van der Waals surface area contributed by atoms with Crippen molar-refractivity contribution in [1.82, 2.24) is 15.3 Å². The molecular weight excluding hydrogens is 763 g/mol. The van der Waals surface area contributed by atoms with Crippen LogP contribution in [0.15, 0.2) is 84.9 Å². The molecule has 0 spiro atoms. The van der Waals surface area contributed by atoms with E-state index in [4.69, 9.17) is 19.0 Å². The van der Waals surface area contributed by atoms with Crippen molar-refractivity contribution >= 4 is 23.9 Å². The van der Waals surface area contributed by atoms with E-state index >= 15 is 4.79 Å². The van der Waals surface area contributed by atoms with Crippen molar-refractivity contribution in [3.8, 4) is 5.75 Å². The largest absolute Gasteiger partial charge is 0.508 e. The van der Waals surface area contributed by atoms with Gasteiger partial charge in [0.1, 0.15) is 41.6 Å². The van der Waals surface area contributed by atoms with Crippen molar-refractivity contribution in [2.45, 2.75) is 133 Å². The van der Waals surface area contributed by atoms with Crippen molar-refractivity contribution in [3.05, 3.63) is 107 Å². The number of nitrogens with one attached hydrogen (secondary N) is 1. The first-order valence-corrected chi connectivity index (χ1v) is 21.8. The molecule has 2 bridgehead atoms. The molecule has 4 fully saturated rings. The quantitative estimate of drug-likeness (QED) is 0.0881. The van der Waals surface area contributed by atoms with E-state index in [2.05, 4.69) is 19.2 Å². The number of nitrogens with zero attached hydrogens (tertiary/aromatic N) is 2. The van der Waals surface area contributed by atoms with E-state index in [-0.39, 0.29) is 38.3 Å². The highest BCUT2D eigenvalue weighted by Gasteiger charge is 2.76. The molecule has 0 aromatic heterocycles. The standard InChI is InChI=1S/C48H61N3O9/c1-4-6-13-25-47(26-14-7-5-2)58-40-39-31-48(46(56)50(3)37(44(54)49-27-28-52)30-34-17-9-8-10-18-34)42(45(55)57-39)51(60-43(48)41(40)59-47)32-35-21-15-19-33(29-35)20-16-23-36-22-11-12-24-38(36)53/h8-12,15-22,24,29,37,39-43,52-53H,4-7,13-14,23,25-28,30-32H2,1-3H3,(H,49,54). The Labute approximate surface area is 353 Å². The monoisotopic (exact) mass is 823 g/mol. The highest BCUT2D eigenvalue weighted by molar-refractivity contribution is 5.96. The summed E-state index contributed by atoms with van der Waals surface area (Å²) in [6.45, 7) is 4.27. The molecule has 3 aromatic carbocycles. The molecule has 4 aliphatic rings. The van der Waals surface area contributed by atoms with E-state index in [0.717, 1.165) is 60.8 Å². The molecule has 322 valence electrons. The minimum atomic E-state index is -1.47. The highest BCUT2D eigenvalue weighted by atomic mass is 16.8. The Balaban J connectivity index is 1.24. The summed E-state index contributed by atoms with van der Waals surface area (Å²) in [7, 11) is 1.62. The van der Waals surface area contributed by atoms with Crippen LogP contribution in [0.3, 0.4) is 0 Å². The minimum Gasteiger partial charge on any atom is -0.508 e. The number of fused-ring (bicyclic) bond motifs is 4. The number of hydroxylamine groups is 2. The molecule has 3 saturated heterocycles. The second-order valence-corrected chi connectivity index (χ2v) is 16.8. The van der Waals surface area contributed by atoms with E-state index in [9.17, 15) is 19.8 Å². The van der Waals surface area contributed by atoms with E-state index < -0.39 is 65.5 Å². The number of amides is 2. The molecule has 1 aliphatic carbocycles. The maximum atomic E-state index is 15.6. The molecule has 0 radical (unpaired) electrons. The molecule has 3 aromatic rings. The average Bonchev–Trinajstić information content (AvgIpc) is 3.81. The Morgan fingerprint density at radius 1 is 0.933 bits per heavy atom. The van der Waals surface area contributed by atoms with Gasteiger partial charge in [0.25, 0.3) is 0 Å². The summed E-state index contributed by atoms with van der Waals surface area (Å²) in [5.41, 5.74) is 1.98. The number of phenols is 1. The summed E-state index contributed by atoms with van der Waals surface area (Å²) in [4.78, 5) is 52.4. The number of unbranched alkanes of at least 4 members (excludes halogenated alkanes) is 4. The Morgan fingerprint density at radius 3 is 2.35 bits per heavy atom. The normalized spacial score (nSPS) is 25.8. The van der Waals surface area contributed by atoms with Crippen LogP contribution in [0.1, 0.15) is 93.9 Å². The predicted molar refractivity (Wildman–Crippen MR) is 226 cm³/mol. The SMILES string of the molecule is CCCCCC1(CCCCC)OC2C3CC4(C(=O)N(C)C(Cc5ccccc5)C(=O)NCCO)C(ON(Cc5cccc(C=CCc6ccccc6O)c5)C4C(=O)O3)C2O1. The van der Waals surface area contributed by atoms with Gasteiger partial charge in [-0.15, -0.1) is 0 Å². The van der Waals surface area contributed by atoms with Gasteiger partial charge in [-0.3, -0.25) is 19.2 Å². The zero-order valence-corrected chi connectivity index (χ0v) is 35.2. The topological polar surface area (TPSA) is 147 Å². The number of likely N-dealkylation sites (N-methyl/N-ethyl adjacent to an activating group) is 1. The number of aliphatic hydroxyl groups is 1. The molecule has 60 heavy (non-hydrogen) atoms. The zero-order chi connectivity index (χ0) is 42.3. The lowest BCUT2D eigenvalue weighted by molar-refractivity contribution is -0.225. The van der Waals surface area contributed by atoms with Gasteiger partial charge >= 0.3 is 5.97 Å². The Bertz CT molecular complexity index is 1960. The van der Waals surface area contributed by atoms with Crippen LogP contribution in [0.25, 0.3) is 6.08 Å². The fourth-order valence-corrected chi connectivity index (χ4v) is 9.67. The van der Waals surface area contributed by atoms with Crippen LogP contribution >= 0.6 is 0 Å². The molecule has 2 amide bonds. The van der Waals surface area contributed by atoms with Gasteiger partial charge in [-0.05, 0) is 47.6 Å². The van der Waals surface area contributed by atoms with Gasteiger partial charge in [0.15, 0.2) is 11.8 Å². The fourth-order valence-electron chi connectivity index (χ4n) is 9.67. The first-order valence-electron chi connectivity index (χ1n) is 21.8. The summed E-state index contributed by atoms with van der Waals surface area (Å²) in [6, 6.07) is 22.5. The van der Waals surface area contributed by atoms with Crippen LogP contribution in [-0.2, 0) is 52.8 Å². The lowest BCUT2D eigenvalue weighted by atomic mass is 9.62. The molecule has 7 atom stereocenters. The second kappa shape index (κ2) is 19.4. The van der Waals surface area contributed by atoms with Crippen molar-refractivity contribution in [1.29, 1.82) is 0 Å². The summed E-state index contributed by atoms with van der Waals surface area (Å²) in [6.07, 6.45) is 9.12. The van der Waals surface area contributed by atoms with E-state index in [1.165, 1.54) is 4.90 Å². The predicted octanol–water partition coefficient (Wildman–Crippen LogP) is 6.27. The van der Waals surface area contributed by atoms with Gasteiger partial charge in [-0.25, -0.2) is 0 Å². The van der Waals surface area contributed by atoms with Gasteiger partial charge in [0, 0.05) is 39.3 Å². The molecule has 1 saturated carbocycles. The fraction of sp³-hybridized carbons (Fsp3) is 0.521. The summed E-state index contributed by atoms with van der Waals surface area (Å²) < 4.78 is 20.3. The number of aromatic hydroxyl groups is 1. The van der Waals surface area contributed by atoms with Crippen molar-refractivity contribution < 1.29 is 43.6 Å².